The van der Waals surface area contributed by atoms with Crippen LogP contribution in [0.25, 0.3) is 5.69 Å². The summed E-state index contributed by atoms with van der Waals surface area (Å²) < 4.78 is 9.18. The van der Waals surface area contributed by atoms with Gasteiger partial charge in [-0.25, -0.2) is 14.3 Å². The number of nitrogens with zero attached hydrogens (tertiary/aromatic N) is 6. The van der Waals surface area contributed by atoms with Gasteiger partial charge in [-0.1, -0.05) is 12.1 Å². The van der Waals surface area contributed by atoms with Crippen molar-refractivity contribution >= 4 is 0 Å². The Balaban J connectivity index is 1.65. The van der Waals surface area contributed by atoms with Gasteiger partial charge in [0, 0.05) is 13.0 Å². The minimum atomic E-state index is -0.284. The van der Waals surface area contributed by atoms with Gasteiger partial charge in [0.25, 0.3) is 0 Å². The van der Waals surface area contributed by atoms with E-state index in [0.29, 0.717) is 17.4 Å². The Bertz CT molecular complexity index is 1080. The molecule has 1 saturated carbocycles. The predicted molar refractivity (Wildman–Crippen MR) is 95.8 cm³/mol. The highest BCUT2D eigenvalue weighted by Gasteiger charge is 2.40. The van der Waals surface area contributed by atoms with E-state index in [9.17, 15) is 5.26 Å². The average molecular weight is 359 g/mol. The fourth-order valence-corrected chi connectivity index (χ4v) is 3.66. The Hall–Kier alpha value is -3.60. The van der Waals surface area contributed by atoms with Crippen LogP contribution in [0.3, 0.4) is 0 Å². The monoisotopic (exact) mass is 359 g/mol. The van der Waals surface area contributed by atoms with Gasteiger partial charge in [-0.2, -0.15) is 15.5 Å². The molecule has 0 radical (unpaired) electrons. The minimum absolute atomic E-state index is 0.140. The number of rotatable bonds is 3. The van der Waals surface area contributed by atoms with Gasteiger partial charge in [-0.05, 0) is 30.5 Å². The fourth-order valence-electron chi connectivity index (χ4n) is 3.66. The van der Waals surface area contributed by atoms with Crippen molar-refractivity contribution in [2.75, 3.05) is 0 Å². The standard InChI is InChI=1S/C19H17N7O/c1-25-19-16(17(24-25)12-2-3-12)15(14(8-20)18(21)27-19)11-4-6-13(7-5-11)26-10-22-9-23-26/h4-7,9-10,12,15H,2-3,21H2,1H3. The van der Waals surface area contributed by atoms with Gasteiger partial charge in [0.05, 0.1) is 22.9 Å². The molecule has 8 nitrogen and oxygen atoms in total. The Morgan fingerprint density at radius 2 is 2.04 bits per heavy atom. The van der Waals surface area contributed by atoms with Crippen LogP contribution in [0.5, 0.6) is 5.88 Å². The van der Waals surface area contributed by atoms with Crippen LogP contribution < -0.4 is 10.5 Å². The van der Waals surface area contributed by atoms with Gasteiger partial charge in [0.2, 0.25) is 11.8 Å². The van der Waals surface area contributed by atoms with Crippen molar-refractivity contribution in [1.82, 2.24) is 24.5 Å². The van der Waals surface area contributed by atoms with Crippen LogP contribution >= 0.6 is 0 Å². The third kappa shape index (κ3) is 2.39. The minimum Gasteiger partial charge on any atom is -0.422 e. The van der Waals surface area contributed by atoms with Crippen LogP contribution in [0, 0.1) is 11.3 Å². The lowest BCUT2D eigenvalue weighted by Crippen LogP contribution is -2.22. The molecule has 3 aromatic rings. The van der Waals surface area contributed by atoms with Crippen molar-refractivity contribution in [3.05, 3.63) is 65.2 Å². The van der Waals surface area contributed by atoms with Crippen LogP contribution in [0.15, 0.2) is 48.4 Å². The van der Waals surface area contributed by atoms with Gasteiger partial charge < -0.3 is 10.5 Å². The molecule has 0 saturated heterocycles. The van der Waals surface area contributed by atoms with E-state index in [2.05, 4.69) is 21.3 Å². The first-order valence-electron chi connectivity index (χ1n) is 8.76. The van der Waals surface area contributed by atoms with E-state index in [1.807, 2.05) is 31.3 Å². The summed E-state index contributed by atoms with van der Waals surface area (Å²) >= 11 is 0. The summed E-state index contributed by atoms with van der Waals surface area (Å²) in [4.78, 5) is 3.97. The summed E-state index contributed by atoms with van der Waals surface area (Å²) in [5.41, 5.74) is 10.3. The first kappa shape index (κ1) is 15.6. The SMILES string of the molecule is Cn1nc(C2CC2)c2c1OC(N)=C(C#N)C2c1ccc(-n2cncn2)cc1. The number of aromatic nitrogens is 5. The Morgan fingerprint density at radius 3 is 2.67 bits per heavy atom. The second-order valence-corrected chi connectivity index (χ2v) is 6.86. The first-order valence-corrected chi connectivity index (χ1v) is 8.76. The average Bonchev–Trinajstić information content (AvgIpc) is 3.28. The number of hydrogen-bond donors (Lipinski definition) is 1. The predicted octanol–water partition coefficient (Wildman–Crippen LogP) is 2.10. The lowest BCUT2D eigenvalue weighted by Gasteiger charge is -2.25. The highest BCUT2D eigenvalue weighted by Crippen LogP contribution is 2.50. The molecular formula is C19H17N7O. The number of aryl methyl sites for hydroxylation is 1. The number of ether oxygens (including phenoxy) is 1. The third-order valence-corrected chi connectivity index (χ3v) is 5.10. The number of benzene rings is 1. The maximum Gasteiger partial charge on any atom is 0.224 e. The largest absolute Gasteiger partial charge is 0.422 e. The smallest absolute Gasteiger partial charge is 0.224 e. The third-order valence-electron chi connectivity index (χ3n) is 5.10. The van der Waals surface area contributed by atoms with Crippen LogP contribution in [0.2, 0.25) is 0 Å². The first-order chi connectivity index (χ1) is 13.2. The molecule has 1 aliphatic heterocycles. The number of allylic oxidation sites excluding steroid dienone is 1. The van der Waals surface area contributed by atoms with Gasteiger partial charge >= 0.3 is 0 Å². The van der Waals surface area contributed by atoms with Gasteiger partial charge in [-0.15, -0.1) is 0 Å². The van der Waals surface area contributed by atoms with E-state index in [0.717, 1.165) is 35.3 Å². The number of fused-ring (bicyclic) bond motifs is 1. The fraction of sp³-hybridized carbons (Fsp3) is 0.263. The van der Waals surface area contributed by atoms with E-state index in [4.69, 9.17) is 10.5 Å². The van der Waals surface area contributed by atoms with Crippen LogP contribution in [0.1, 0.15) is 41.5 Å². The second kappa shape index (κ2) is 5.71. The number of hydrogen-bond acceptors (Lipinski definition) is 6. The molecule has 1 aromatic carbocycles. The molecule has 1 atom stereocenters. The normalized spacial score (nSPS) is 18.7. The molecule has 5 rings (SSSR count). The van der Waals surface area contributed by atoms with Crippen LogP contribution in [-0.2, 0) is 7.05 Å². The lowest BCUT2D eigenvalue weighted by atomic mass is 9.83. The lowest BCUT2D eigenvalue weighted by molar-refractivity contribution is 0.358. The number of nitriles is 1. The molecule has 27 heavy (non-hydrogen) atoms. The zero-order valence-electron chi connectivity index (χ0n) is 14.7. The molecular weight excluding hydrogens is 342 g/mol. The molecule has 2 aromatic heterocycles. The topological polar surface area (TPSA) is 108 Å². The van der Waals surface area contributed by atoms with Crippen molar-refractivity contribution in [1.29, 1.82) is 5.26 Å². The van der Waals surface area contributed by atoms with Crippen molar-refractivity contribution in [3.63, 3.8) is 0 Å². The Morgan fingerprint density at radius 1 is 1.26 bits per heavy atom. The highest BCUT2D eigenvalue weighted by molar-refractivity contribution is 5.57. The zero-order valence-corrected chi connectivity index (χ0v) is 14.7. The van der Waals surface area contributed by atoms with Crippen molar-refractivity contribution in [2.24, 2.45) is 12.8 Å². The summed E-state index contributed by atoms with van der Waals surface area (Å²) in [6.45, 7) is 0. The molecule has 2 aliphatic rings. The summed E-state index contributed by atoms with van der Waals surface area (Å²) in [6.07, 6.45) is 5.37. The van der Waals surface area contributed by atoms with Gasteiger partial charge in [0.1, 0.15) is 24.3 Å². The van der Waals surface area contributed by atoms with Gasteiger partial charge in [-0.3, -0.25) is 0 Å². The van der Waals surface area contributed by atoms with E-state index < -0.39 is 0 Å². The maximum absolute atomic E-state index is 9.76. The molecule has 0 bridgehead atoms. The molecule has 0 spiro atoms. The summed E-state index contributed by atoms with van der Waals surface area (Å²) in [7, 11) is 1.85. The summed E-state index contributed by atoms with van der Waals surface area (Å²) in [5, 5.41) is 18.6. The molecule has 134 valence electrons. The van der Waals surface area contributed by atoms with Gasteiger partial charge in [0.15, 0.2) is 0 Å². The zero-order chi connectivity index (χ0) is 18.5. The van der Waals surface area contributed by atoms with Crippen molar-refractivity contribution in [2.45, 2.75) is 24.7 Å². The van der Waals surface area contributed by atoms with E-state index in [1.54, 1.807) is 15.7 Å². The van der Waals surface area contributed by atoms with Crippen LogP contribution in [0.4, 0.5) is 0 Å². The van der Waals surface area contributed by atoms with Crippen molar-refractivity contribution in [3.8, 4) is 17.6 Å². The van der Waals surface area contributed by atoms with Crippen LogP contribution in [-0.4, -0.2) is 24.5 Å². The van der Waals surface area contributed by atoms with E-state index in [-0.39, 0.29) is 11.8 Å². The van der Waals surface area contributed by atoms with Crippen molar-refractivity contribution < 1.29 is 4.74 Å². The molecule has 1 aliphatic carbocycles. The maximum atomic E-state index is 9.76. The number of nitrogens with two attached hydrogens (primary N) is 1. The second-order valence-electron chi connectivity index (χ2n) is 6.86. The molecule has 8 heteroatoms. The summed E-state index contributed by atoms with van der Waals surface area (Å²) in [5.74, 6) is 0.909. The summed E-state index contributed by atoms with van der Waals surface area (Å²) in [6, 6.07) is 10.1. The Kier molecular flexibility index (Phi) is 3.31. The molecule has 1 unspecified atom stereocenters. The highest BCUT2D eigenvalue weighted by atomic mass is 16.5. The van der Waals surface area contributed by atoms with E-state index >= 15 is 0 Å². The molecule has 0 amide bonds. The Labute approximate surface area is 155 Å². The molecule has 2 N–H and O–H groups in total. The van der Waals surface area contributed by atoms with E-state index in [1.165, 1.54) is 6.33 Å². The molecule has 3 heterocycles. The molecule has 1 fully saturated rings. The quantitative estimate of drug-likeness (QED) is 0.767.